The minimum Gasteiger partial charge on any atom is -0.344 e. The minimum atomic E-state index is -0.572. The summed E-state index contributed by atoms with van der Waals surface area (Å²) in [6.45, 7) is 0. The van der Waals surface area contributed by atoms with Crippen molar-refractivity contribution >= 4 is 11.6 Å². The zero-order chi connectivity index (χ0) is 16.0. The van der Waals surface area contributed by atoms with Gasteiger partial charge in [0, 0.05) is 36.0 Å². The van der Waals surface area contributed by atoms with E-state index in [4.69, 9.17) is 0 Å². The third-order valence-corrected chi connectivity index (χ3v) is 4.31. The molecule has 1 atom stereocenters. The number of carbonyl (C=O) groups excluding carboxylic acids is 1. The third kappa shape index (κ3) is 2.12. The fourth-order valence-corrected chi connectivity index (χ4v) is 3.37. The molecule has 0 saturated carbocycles. The molecule has 3 heterocycles. The van der Waals surface area contributed by atoms with Crippen LogP contribution < -0.4 is 16.6 Å². The Morgan fingerprint density at radius 3 is 2.78 bits per heavy atom. The second kappa shape index (κ2) is 5.05. The number of hydrogen-bond acceptors (Lipinski definition) is 5. The lowest BCUT2D eigenvalue weighted by Gasteiger charge is -2.32. The number of anilines is 1. The molecule has 7 nitrogen and oxygen atoms in total. The van der Waals surface area contributed by atoms with Gasteiger partial charge in [0.05, 0.1) is 5.56 Å². The van der Waals surface area contributed by atoms with E-state index in [0.717, 1.165) is 17.7 Å². The second-order valence-electron chi connectivity index (χ2n) is 5.71. The molecule has 3 N–H and O–H groups in total. The quantitative estimate of drug-likeness (QED) is 0.729. The minimum absolute atomic E-state index is 0.0313. The standard InChI is InChI=1S/C16H14N4O3/c21-10-5-1-4-9-12(10)11(8-3-2-6-17-7-8)13-14(18-9)19-16(23)20-15(13)22/h2-3,6-7,11H,1,4-5H2,(H3,18,19,20,22,23)/t11-/m1/s1. The molecule has 0 unspecified atom stereocenters. The number of ketones is 1. The molecule has 0 bridgehead atoms. The van der Waals surface area contributed by atoms with Gasteiger partial charge in [-0.15, -0.1) is 0 Å². The monoisotopic (exact) mass is 310 g/mol. The Morgan fingerprint density at radius 1 is 1.13 bits per heavy atom. The van der Waals surface area contributed by atoms with Gasteiger partial charge < -0.3 is 5.32 Å². The summed E-state index contributed by atoms with van der Waals surface area (Å²) < 4.78 is 0. The summed E-state index contributed by atoms with van der Waals surface area (Å²) in [5.41, 5.74) is 1.44. The van der Waals surface area contributed by atoms with Crippen LogP contribution >= 0.6 is 0 Å². The predicted molar refractivity (Wildman–Crippen MR) is 83.3 cm³/mol. The Hall–Kier alpha value is -2.96. The summed E-state index contributed by atoms with van der Waals surface area (Å²) in [6.07, 6.45) is 5.23. The maximum Gasteiger partial charge on any atom is 0.327 e. The number of nitrogens with one attached hydrogen (secondary N) is 3. The highest BCUT2D eigenvalue weighted by atomic mass is 16.2. The Balaban J connectivity index is 2.03. The van der Waals surface area contributed by atoms with Gasteiger partial charge in [0.15, 0.2) is 5.78 Å². The smallest absolute Gasteiger partial charge is 0.327 e. The molecule has 7 heteroatoms. The first kappa shape index (κ1) is 13.7. The fourth-order valence-electron chi connectivity index (χ4n) is 3.37. The number of allylic oxidation sites excluding steroid dienone is 2. The average molecular weight is 310 g/mol. The second-order valence-corrected chi connectivity index (χ2v) is 5.71. The lowest BCUT2D eigenvalue weighted by Crippen LogP contribution is -2.36. The van der Waals surface area contributed by atoms with Crippen LogP contribution in [0.15, 0.2) is 45.4 Å². The van der Waals surface area contributed by atoms with Crippen LogP contribution in [0.5, 0.6) is 0 Å². The third-order valence-electron chi connectivity index (χ3n) is 4.31. The molecule has 0 saturated heterocycles. The van der Waals surface area contributed by atoms with E-state index in [0.29, 0.717) is 29.8 Å². The normalized spacial score (nSPS) is 19.8. The molecule has 0 amide bonds. The molecule has 0 radical (unpaired) electrons. The molecule has 1 aliphatic heterocycles. The summed E-state index contributed by atoms with van der Waals surface area (Å²) in [5, 5.41) is 3.07. The van der Waals surface area contributed by atoms with Crippen LogP contribution in [0.1, 0.15) is 36.3 Å². The molecular formula is C16H14N4O3. The number of H-pyrrole nitrogens is 2. The molecular weight excluding hydrogens is 296 g/mol. The number of aromatic nitrogens is 3. The number of carbonyl (C=O) groups is 1. The van der Waals surface area contributed by atoms with Crippen LogP contribution in [0.4, 0.5) is 5.82 Å². The lowest BCUT2D eigenvalue weighted by molar-refractivity contribution is -0.116. The van der Waals surface area contributed by atoms with E-state index >= 15 is 0 Å². The van der Waals surface area contributed by atoms with Crippen LogP contribution in [0, 0.1) is 0 Å². The molecule has 0 aromatic carbocycles. The zero-order valence-corrected chi connectivity index (χ0v) is 12.2. The predicted octanol–water partition coefficient (Wildman–Crippen LogP) is 1.02. The highest BCUT2D eigenvalue weighted by Gasteiger charge is 2.37. The lowest BCUT2D eigenvalue weighted by atomic mass is 9.77. The molecule has 2 aromatic heterocycles. The topological polar surface area (TPSA) is 108 Å². The Labute approximate surface area is 130 Å². The van der Waals surface area contributed by atoms with E-state index in [2.05, 4.69) is 20.3 Å². The van der Waals surface area contributed by atoms with Gasteiger partial charge in [-0.1, -0.05) is 6.07 Å². The number of Topliss-reactive ketones (excluding diaryl/α,β-unsaturated/α-hetero) is 1. The summed E-state index contributed by atoms with van der Waals surface area (Å²) in [7, 11) is 0. The molecule has 116 valence electrons. The van der Waals surface area contributed by atoms with Gasteiger partial charge in [-0.2, -0.15) is 0 Å². The van der Waals surface area contributed by atoms with Crippen LogP contribution in [0.25, 0.3) is 0 Å². The van der Waals surface area contributed by atoms with E-state index in [9.17, 15) is 14.4 Å². The maximum atomic E-state index is 12.5. The number of nitrogens with zero attached hydrogens (tertiary/aromatic N) is 1. The molecule has 2 aliphatic rings. The summed E-state index contributed by atoms with van der Waals surface area (Å²) >= 11 is 0. The molecule has 0 fully saturated rings. The van der Waals surface area contributed by atoms with Gasteiger partial charge in [-0.25, -0.2) is 4.79 Å². The van der Waals surface area contributed by atoms with E-state index in [-0.39, 0.29) is 5.78 Å². The number of pyridine rings is 1. The van der Waals surface area contributed by atoms with Gasteiger partial charge in [-0.3, -0.25) is 24.5 Å². The van der Waals surface area contributed by atoms with E-state index in [1.807, 2.05) is 6.07 Å². The average Bonchev–Trinajstić information content (AvgIpc) is 2.54. The first-order valence-electron chi connectivity index (χ1n) is 7.45. The van der Waals surface area contributed by atoms with Crippen LogP contribution in [-0.2, 0) is 4.79 Å². The number of hydrogen-bond donors (Lipinski definition) is 3. The van der Waals surface area contributed by atoms with Crippen LogP contribution in [0.3, 0.4) is 0 Å². The van der Waals surface area contributed by atoms with Crippen molar-refractivity contribution in [1.29, 1.82) is 0 Å². The van der Waals surface area contributed by atoms with Gasteiger partial charge in [-0.05, 0) is 24.5 Å². The van der Waals surface area contributed by atoms with Crippen LogP contribution in [0.2, 0.25) is 0 Å². The van der Waals surface area contributed by atoms with E-state index in [1.165, 1.54) is 0 Å². The van der Waals surface area contributed by atoms with Crippen molar-refractivity contribution in [2.24, 2.45) is 0 Å². The SMILES string of the molecule is O=C1CCCC2=C1[C@@H](c1cccnc1)c1c([nH]c(=O)[nH]c1=O)N2. The maximum absolute atomic E-state index is 12.5. The zero-order valence-electron chi connectivity index (χ0n) is 12.2. The largest absolute Gasteiger partial charge is 0.344 e. The number of rotatable bonds is 1. The molecule has 1 aliphatic carbocycles. The van der Waals surface area contributed by atoms with Crippen molar-refractivity contribution in [1.82, 2.24) is 15.0 Å². The van der Waals surface area contributed by atoms with Crippen molar-refractivity contribution in [2.45, 2.75) is 25.2 Å². The van der Waals surface area contributed by atoms with Gasteiger partial charge >= 0.3 is 5.69 Å². The Kier molecular flexibility index (Phi) is 3.00. The first-order chi connectivity index (χ1) is 11.1. The summed E-state index contributed by atoms with van der Waals surface area (Å²) in [4.78, 5) is 45.4. The molecule has 4 rings (SSSR count). The Morgan fingerprint density at radius 2 is 2.00 bits per heavy atom. The number of aromatic amines is 2. The molecule has 0 spiro atoms. The summed E-state index contributed by atoms with van der Waals surface area (Å²) in [5.74, 6) is -0.117. The molecule has 23 heavy (non-hydrogen) atoms. The van der Waals surface area contributed by atoms with E-state index < -0.39 is 17.2 Å². The van der Waals surface area contributed by atoms with Crippen molar-refractivity contribution < 1.29 is 4.79 Å². The van der Waals surface area contributed by atoms with Crippen molar-refractivity contribution in [3.05, 3.63) is 67.8 Å². The van der Waals surface area contributed by atoms with Crippen molar-refractivity contribution in [3.63, 3.8) is 0 Å². The van der Waals surface area contributed by atoms with Crippen molar-refractivity contribution in [2.75, 3.05) is 5.32 Å². The van der Waals surface area contributed by atoms with Crippen molar-refractivity contribution in [3.8, 4) is 0 Å². The van der Waals surface area contributed by atoms with Gasteiger partial charge in [0.25, 0.3) is 5.56 Å². The van der Waals surface area contributed by atoms with Gasteiger partial charge in [0.2, 0.25) is 0 Å². The molecule has 2 aromatic rings. The van der Waals surface area contributed by atoms with Crippen LogP contribution in [-0.4, -0.2) is 20.7 Å². The highest BCUT2D eigenvalue weighted by molar-refractivity contribution is 6.00. The van der Waals surface area contributed by atoms with Gasteiger partial charge in [0.1, 0.15) is 5.82 Å². The summed E-state index contributed by atoms with van der Waals surface area (Å²) in [6, 6.07) is 3.61. The fraction of sp³-hybridized carbons (Fsp3) is 0.250. The highest BCUT2D eigenvalue weighted by Crippen LogP contribution is 2.42. The number of fused-ring (bicyclic) bond motifs is 1. The first-order valence-corrected chi connectivity index (χ1v) is 7.45. The Bertz CT molecular complexity index is 940. The van der Waals surface area contributed by atoms with E-state index in [1.54, 1.807) is 18.5 Å².